The number of carbonyl (C=O) groups is 2. The van der Waals surface area contributed by atoms with Crippen LogP contribution >= 0.6 is 0 Å². The van der Waals surface area contributed by atoms with Crippen LogP contribution in [0.25, 0.3) is 0 Å². The number of benzene rings is 2. The Hall–Kier alpha value is -2.96. The Morgan fingerprint density at radius 3 is 2.57 bits per heavy atom. The van der Waals surface area contributed by atoms with Crippen molar-refractivity contribution in [1.29, 1.82) is 0 Å². The molecule has 146 valence electrons. The van der Waals surface area contributed by atoms with Crippen LogP contribution in [0, 0.1) is 17.6 Å². The maximum Gasteiger partial charge on any atom is 0.263 e. The van der Waals surface area contributed by atoms with E-state index >= 15 is 0 Å². The van der Waals surface area contributed by atoms with Gasteiger partial charge in [-0.15, -0.1) is 0 Å². The Balaban J connectivity index is 1.58. The zero-order valence-electron chi connectivity index (χ0n) is 15.4. The molecule has 28 heavy (non-hydrogen) atoms. The molecule has 2 aromatic rings. The highest BCUT2D eigenvalue weighted by molar-refractivity contribution is 5.94. The zero-order chi connectivity index (χ0) is 19.8. The van der Waals surface area contributed by atoms with Crippen LogP contribution in [0.2, 0.25) is 0 Å². The Morgan fingerprint density at radius 1 is 1.18 bits per heavy atom. The summed E-state index contributed by atoms with van der Waals surface area (Å²) >= 11 is 0. The summed E-state index contributed by atoms with van der Waals surface area (Å²) in [6.45, 7) is 1.91. The molecule has 5 nitrogen and oxygen atoms in total. The van der Waals surface area contributed by atoms with Gasteiger partial charge in [-0.05, 0) is 55.7 Å². The Bertz CT molecular complexity index is 923. The highest BCUT2D eigenvalue weighted by Crippen LogP contribution is 2.32. The number of fused-ring (bicyclic) bond motifs is 1. The molecule has 1 fully saturated rings. The highest BCUT2D eigenvalue weighted by atomic mass is 19.1. The minimum Gasteiger partial charge on any atom is -0.481 e. The van der Waals surface area contributed by atoms with Gasteiger partial charge in [0, 0.05) is 36.3 Å². The average molecular weight is 386 g/mol. The standard InChI is InChI=1S/C21H20F2N2O3/c1-12-21(27)25(10-13-6-16(22)9-17(23)7-13)11-15-8-18(4-5-19(15)28-12)24-20(26)14-2-3-14/h4-9,12,14H,2-3,10-11H2,1H3,(H,24,26)/t12-/m1/s1. The number of nitrogens with zero attached hydrogens (tertiary/aromatic N) is 1. The Morgan fingerprint density at radius 2 is 1.89 bits per heavy atom. The third-order valence-corrected chi connectivity index (χ3v) is 4.90. The zero-order valence-corrected chi connectivity index (χ0v) is 15.4. The molecule has 1 saturated carbocycles. The topological polar surface area (TPSA) is 58.6 Å². The SMILES string of the molecule is C[C@H]1Oc2ccc(NC(=O)C3CC3)cc2CN(Cc2cc(F)cc(F)c2)C1=O. The Labute approximate surface area is 161 Å². The molecule has 2 aromatic carbocycles. The predicted octanol–water partition coefficient (Wildman–Crippen LogP) is 3.62. The lowest BCUT2D eigenvalue weighted by Gasteiger charge is -2.22. The first-order chi connectivity index (χ1) is 13.4. The maximum absolute atomic E-state index is 13.5. The lowest BCUT2D eigenvalue weighted by Crippen LogP contribution is -2.37. The summed E-state index contributed by atoms with van der Waals surface area (Å²) in [7, 11) is 0. The van der Waals surface area contributed by atoms with Crippen molar-refractivity contribution in [3.8, 4) is 5.75 Å². The van der Waals surface area contributed by atoms with Gasteiger partial charge in [-0.3, -0.25) is 9.59 Å². The third-order valence-electron chi connectivity index (χ3n) is 4.90. The molecule has 1 atom stereocenters. The fourth-order valence-corrected chi connectivity index (χ4v) is 3.32. The van der Waals surface area contributed by atoms with Crippen LogP contribution in [0.5, 0.6) is 5.75 Å². The molecule has 7 heteroatoms. The largest absolute Gasteiger partial charge is 0.481 e. The number of hydrogen-bond donors (Lipinski definition) is 1. The molecule has 1 aliphatic heterocycles. The van der Waals surface area contributed by atoms with Crippen LogP contribution in [0.1, 0.15) is 30.9 Å². The monoisotopic (exact) mass is 386 g/mol. The predicted molar refractivity (Wildman–Crippen MR) is 98.5 cm³/mol. The van der Waals surface area contributed by atoms with Crippen LogP contribution in [0.3, 0.4) is 0 Å². The van der Waals surface area contributed by atoms with E-state index in [4.69, 9.17) is 4.74 Å². The highest BCUT2D eigenvalue weighted by Gasteiger charge is 2.31. The van der Waals surface area contributed by atoms with Gasteiger partial charge in [0.2, 0.25) is 5.91 Å². The van der Waals surface area contributed by atoms with Gasteiger partial charge in [0.05, 0.1) is 0 Å². The minimum atomic E-state index is -0.730. The molecule has 0 aromatic heterocycles. The smallest absolute Gasteiger partial charge is 0.263 e. The molecule has 0 radical (unpaired) electrons. The minimum absolute atomic E-state index is 0.00831. The van der Waals surface area contributed by atoms with Crippen molar-refractivity contribution < 1.29 is 23.1 Å². The van der Waals surface area contributed by atoms with E-state index in [9.17, 15) is 18.4 Å². The van der Waals surface area contributed by atoms with E-state index in [1.54, 1.807) is 25.1 Å². The van der Waals surface area contributed by atoms with Crippen molar-refractivity contribution in [3.05, 3.63) is 59.2 Å². The van der Waals surface area contributed by atoms with Crippen LogP contribution in [0.15, 0.2) is 36.4 Å². The maximum atomic E-state index is 13.5. The van der Waals surface area contributed by atoms with Crippen molar-refractivity contribution in [2.24, 2.45) is 5.92 Å². The summed E-state index contributed by atoms with van der Waals surface area (Å²) in [5, 5.41) is 2.88. The summed E-state index contributed by atoms with van der Waals surface area (Å²) in [6.07, 6.45) is 1.08. The van der Waals surface area contributed by atoms with Gasteiger partial charge in [0.1, 0.15) is 17.4 Å². The number of ether oxygens (including phenoxy) is 1. The quantitative estimate of drug-likeness (QED) is 0.873. The lowest BCUT2D eigenvalue weighted by molar-refractivity contribution is -0.138. The molecule has 1 heterocycles. The van der Waals surface area contributed by atoms with Gasteiger partial charge in [0.15, 0.2) is 6.10 Å². The van der Waals surface area contributed by atoms with Crippen molar-refractivity contribution in [1.82, 2.24) is 4.90 Å². The van der Waals surface area contributed by atoms with Crippen LogP contribution in [-0.2, 0) is 22.7 Å². The number of anilines is 1. The van der Waals surface area contributed by atoms with E-state index in [1.165, 1.54) is 17.0 Å². The van der Waals surface area contributed by atoms with E-state index in [-0.39, 0.29) is 30.8 Å². The number of nitrogens with one attached hydrogen (secondary N) is 1. The number of amides is 2. The van der Waals surface area contributed by atoms with Crippen molar-refractivity contribution >= 4 is 17.5 Å². The number of carbonyl (C=O) groups excluding carboxylic acids is 2. The summed E-state index contributed by atoms with van der Waals surface area (Å²) in [6, 6.07) is 8.46. The molecular weight excluding hydrogens is 366 g/mol. The van der Waals surface area contributed by atoms with Crippen LogP contribution < -0.4 is 10.1 Å². The number of rotatable bonds is 4. The first kappa shape index (κ1) is 18.4. The molecule has 2 amide bonds. The van der Waals surface area contributed by atoms with E-state index in [0.717, 1.165) is 24.5 Å². The first-order valence-corrected chi connectivity index (χ1v) is 9.23. The summed E-state index contributed by atoms with van der Waals surface area (Å²) in [5.41, 5.74) is 1.72. The third kappa shape index (κ3) is 3.98. The normalized spacial score (nSPS) is 18.9. The molecule has 0 spiro atoms. The van der Waals surface area contributed by atoms with Gasteiger partial charge >= 0.3 is 0 Å². The van der Waals surface area contributed by atoms with Crippen LogP contribution in [0.4, 0.5) is 14.5 Å². The van der Waals surface area contributed by atoms with E-state index in [0.29, 0.717) is 17.0 Å². The molecule has 4 rings (SSSR count). The molecule has 1 aliphatic carbocycles. The van der Waals surface area contributed by atoms with E-state index in [1.807, 2.05) is 0 Å². The second kappa shape index (κ2) is 7.22. The van der Waals surface area contributed by atoms with E-state index < -0.39 is 17.7 Å². The second-order valence-electron chi connectivity index (χ2n) is 7.32. The van der Waals surface area contributed by atoms with Gasteiger partial charge in [-0.1, -0.05) is 0 Å². The number of hydrogen-bond acceptors (Lipinski definition) is 3. The average Bonchev–Trinajstić information content (AvgIpc) is 3.46. The van der Waals surface area contributed by atoms with Crippen molar-refractivity contribution in [2.45, 2.75) is 39.0 Å². The molecule has 0 unspecified atom stereocenters. The van der Waals surface area contributed by atoms with Gasteiger partial charge in [-0.2, -0.15) is 0 Å². The van der Waals surface area contributed by atoms with Gasteiger partial charge < -0.3 is 15.0 Å². The fourth-order valence-electron chi connectivity index (χ4n) is 3.32. The van der Waals surface area contributed by atoms with Crippen LogP contribution in [-0.4, -0.2) is 22.8 Å². The first-order valence-electron chi connectivity index (χ1n) is 9.23. The molecule has 0 saturated heterocycles. The molecule has 2 aliphatic rings. The van der Waals surface area contributed by atoms with Crippen molar-refractivity contribution in [3.63, 3.8) is 0 Å². The summed E-state index contributed by atoms with van der Waals surface area (Å²) in [5.74, 6) is -1.02. The lowest BCUT2D eigenvalue weighted by atomic mass is 10.1. The second-order valence-corrected chi connectivity index (χ2v) is 7.32. The summed E-state index contributed by atoms with van der Waals surface area (Å²) < 4.78 is 32.8. The Kier molecular flexibility index (Phi) is 4.75. The van der Waals surface area contributed by atoms with E-state index in [2.05, 4.69) is 5.32 Å². The summed E-state index contributed by atoms with van der Waals surface area (Å²) in [4.78, 5) is 26.2. The van der Waals surface area contributed by atoms with Gasteiger partial charge in [-0.25, -0.2) is 8.78 Å². The number of halogens is 2. The van der Waals surface area contributed by atoms with Crippen molar-refractivity contribution in [2.75, 3.05) is 5.32 Å². The molecule has 1 N–H and O–H groups in total. The van der Waals surface area contributed by atoms with Gasteiger partial charge in [0.25, 0.3) is 5.91 Å². The molecule has 0 bridgehead atoms. The fraction of sp³-hybridized carbons (Fsp3) is 0.333. The molecular formula is C21H20F2N2O3.